The fourth-order valence-corrected chi connectivity index (χ4v) is 2.91. The average molecular weight is 407 g/mol. The van der Waals surface area contributed by atoms with Crippen molar-refractivity contribution in [2.75, 3.05) is 12.4 Å². The summed E-state index contributed by atoms with van der Waals surface area (Å²) < 4.78 is 11.0. The highest BCUT2D eigenvalue weighted by atomic mass is 35.5. The van der Waals surface area contributed by atoms with Gasteiger partial charge in [0.05, 0.1) is 24.4 Å². The molecule has 0 spiro atoms. The molecule has 0 fully saturated rings. The molecule has 1 N–H and O–H groups in total. The number of rotatable bonds is 6. The van der Waals surface area contributed by atoms with E-state index >= 15 is 0 Å². The lowest BCUT2D eigenvalue weighted by Gasteiger charge is -2.16. The third kappa shape index (κ3) is 5.07. The van der Waals surface area contributed by atoms with Gasteiger partial charge in [-0.1, -0.05) is 35.9 Å². The largest absolute Gasteiger partial charge is 0.495 e. The first kappa shape index (κ1) is 20.2. The predicted octanol–water partition coefficient (Wildman–Crippen LogP) is 5.29. The van der Waals surface area contributed by atoms with Crippen LogP contribution in [0.2, 0.25) is 5.02 Å². The molecule has 0 radical (unpaired) electrons. The Hall–Kier alpha value is -3.49. The van der Waals surface area contributed by atoms with Crippen LogP contribution in [0.3, 0.4) is 0 Å². The monoisotopic (exact) mass is 406 g/mol. The van der Waals surface area contributed by atoms with Gasteiger partial charge in [-0.05, 0) is 60.5 Å². The number of nitrogens with one attached hydrogen (secondary N) is 1. The second-order valence-corrected chi connectivity index (χ2v) is 6.74. The van der Waals surface area contributed by atoms with Crippen LogP contribution >= 0.6 is 11.6 Å². The lowest BCUT2D eigenvalue weighted by atomic mass is 10.0. The Kier molecular flexibility index (Phi) is 6.38. The van der Waals surface area contributed by atoms with Crippen molar-refractivity contribution < 1.29 is 14.3 Å². The van der Waals surface area contributed by atoms with E-state index in [4.69, 9.17) is 26.3 Å². The van der Waals surface area contributed by atoms with Gasteiger partial charge in [-0.25, -0.2) is 0 Å². The van der Waals surface area contributed by atoms with Crippen LogP contribution in [0, 0.1) is 11.3 Å². The number of amides is 1. The first-order valence-electron chi connectivity index (χ1n) is 8.92. The second-order valence-electron chi connectivity index (χ2n) is 6.31. The van der Waals surface area contributed by atoms with E-state index in [0.29, 0.717) is 27.8 Å². The van der Waals surface area contributed by atoms with Gasteiger partial charge in [0.1, 0.15) is 11.5 Å². The quantitative estimate of drug-likeness (QED) is 0.603. The highest BCUT2D eigenvalue weighted by Crippen LogP contribution is 2.28. The van der Waals surface area contributed by atoms with Crippen LogP contribution in [-0.2, 0) is 4.79 Å². The first-order valence-corrected chi connectivity index (χ1v) is 9.29. The molecule has 5 nitrogen and oxygen atoms in total. The van der Waals surface area contributed by atoms with Gasteiger partial charge in [0.15, 0.2) is 6.10 Å². The molecular formula is C23H19ClN2O3. The van der Waals surface area contributed by atoms with Gasteiger partial charge in [-0.3, -0.25) is 4.79 Å². The minimum Gasteiger partial charge on any atom is -0.495 e. The number of carbonyl (C=O) groups is 1. The molecule has 0 aliphatic carbocycles. The molecule has 0 aliphatic heterocycles. The number of benzene rings is 3. The van der Waals surface area contributed by atoms with Gasteiger partial charge in [0.2, 0.25) is 0 Å². The number of methoxy groups -OCH3 is 1. The molecule has 1 atom stereocenters. The number of carbonyl (C=O) groups excluding carboxylic acids is 1. The van der Waals surface area contributed by atoms with Crippen molar-refractivity contribution in [2.24, 2.45) is 0 Å². The third-order valence-electron chi connectivity index (χ3n) is 4.30. The van der Waals surface area contributed by atoms with E-state index < -0.39 is 6.10 Å². The molecule has 0 bridgehead atoms. The number of nitrogens with zero attached hydrogens (tertiary/aromatic N) is 1. The van der Waals surface area contributed by atoms with Crippen molar-refractivity contribution in [3.63, 3.8) is 0 Å². The molecule has 146 valence electrons. The van der Waals surface area contributed by atoms with Crippen LogP contribution in [0.4, 0.5) is 5.69 Å². The third-order valence-corrected chi connectivity index (χ3v) is 4.54. The molecule has 0 saturated heterocycles. The Bertz CT molecular complexity index is 1040. The van der Waals surface area contributed by atoms with Crippen molar-refractivity contribution >= 4 is 23.2 Å². The van der Waals surface area contributed by atoms with Crippen molar-refractivity contribution in [2.45, 2.75) is 13.0 Å². The minimum absolute atomic E-state index is 0.318. The van der Waals surface area contributed by atoms with Crippen molar-refractivity contribution in [1.29, 1.82) is 5.26 Å². The summed E-state index contributed by atoms with van der Waals surface area (Å²) in [7, 11) is 1.52. The fourth-order valence-electron chi connectivity index (χ4n) is 2.73. The number of nitriles is 1. The average Bonchev–Trinajstić information content (AvgIpc) is 2.74. The maximum Gasteiger partial charge on any atom is 0.265 e. The first-order chi connectivity index (χ1) is 14.0. The minimum atomic E-state index is -0.723. The number of anilines is 1. The van der Waals surface area contributed by atoms with Gasteiger partial charge in [0.25, 0.3) is 5.91 Å². The molecular weight excluding hydrogens is 388 g/mol. The van der Waals surface area contributed by atoms with Crippen LogP contribution in [0.25, 0.3) is 11.1 Å². The SMILES string of the molecule is COc1ccc(Cl)cc1NC(=O)[C@@H](C)Oc1ccc(-c2ccc(C#N)cc2)cc1. The van der Waals surface area contributed by atoms with E-state index in [1.807, 2.05) is 24.3 Å². The van der Waals surface area contributed by atoms with Gasteiger partial charge >= 0.3 is 0 Å². The van der Waals surface area contributed by atoms with E-state index in [1.165, 1.54) is 7.11 Å². The van der Waals surface area contributed by atoms with Crippen LogP contribution in [0.1, 0.15) is 12.5 Å². The predicted molar refractivity (Wildman–Crippen MR) is 113 cm³/mol. The van der Waals surface area contributed by atoms with Crippen LogP contribution < -0.4 is 14.8 Å². The number of hydrogen-bond donors (Lipinski definition) is 1. The highest BCUT2D eigenvalue weighted by Gasteiger charge is 2.17. The van der Waals surface area contributed by atoms with Gasteiger partial charge in [-0.15, -0.1) is 0 Å². The summed E-state index contributed by atoms with van der Waals surface area (Å²) in [6, 6.07) is 21.8. The zero-order valence-corrected chi connectivity index (χ0v) is 16.7. The zero-order valence-electron chi connectivity index (χ0n) is 16.0. The summed E-state index contributed by atoms with van der Waals surface area (Å²) in [6.45, 7) is 1.67. The summed E-state index contributed by atoms with van der Waals surface area (Å²) in [5.41, 5.74) is 3.08. The zero-order chi connectivity index (χ0) is 20.8. The number of halogens is 1. The summed E-state index contributed by atoms with van der Waals surface area (Å²) >= 11 is 5.99. The van der Waals surface area contributed by atoms with Crippen molar-refractivity contribution in [3.8, 4) is 28.7 Å². The molecule has 6 heteroatoms. The summed E-state index contributed by atoms with van der Waals surface area (Å²) in [5, 5.41) is 12.2. The molecule has 0 saturated carbocycles. The maximum atomic E-state index is 12.5. The number of hydrogen-bond acceptors (Lipinski definition) is 4. The molecule has 0 aliphatic rings. The maximum absolute atomic E-state index is 12.5. The Morgan fingerprint density at radius 2 is 1.66 bits per heavy atom. The van der Waals surface area contributed by atoms with Gasteiger partial charge < -0.3 is 14.8 Å². The highest BCUT2D eigenvalue weighted by molar-refractivity contribution is 6.31. The second kappa shape index (κ2) is 9.13. The van der Waals surface area contributed by atoms with Crippen LogP contribution in [0.15, 0.2) is 66.7 Å². The molecule has 1 amide bonds. The topological polar surface area (TPSA) is 71.3 Å². The van der Waals surface area contributed by atoms with Gasteiger partial charge in [0, 0.05) is 5.02 Å². The van der Waals surface area contributed by atoms with E-state index in [-0.39, 0.29) is 5.91 Å². The summed E-state index contributed by atoms with van der Waals surface area (Å²) in [5.74, 6) is 0.770. The van der Waals surface area contributed by atoms with E-state index in [9.17, 15) is 4.79 Å². The molecule has 0 heterocycles. The molecule has 29 heavy (non-hydrogen) atoms. The lowest BCUT2D eigenvalue weighted by Crippen LogP contribution is -2.30. The molecule has 0 unspecified atom stereocenters. The molecule has 3 rings (SSSR count). The van der Waals surface area contributed by atoms with Gasteiger partial charge in [-0.2, -0.15) is 5.26 Å². The Morgan fingerprint density at radius 3 is 2.24 bits per heavy atom. The Balaban J connectivity index is 1.65. The van der Waals surface area contributed by atoms with Crippen LogP contribution in [-0.4, -0.2) is 19.1 Å². The number of ether oxygens (including phenoxy) is 2. The van der Waals surface area contributed by atoms with E-state index in [2.05, 4.69) is 11.4 Å². The molecule has 3 aromatic rings. The van der Waals surface area contributed by atoms with Crippen molar-refractivity contribution in [1.82, 2.24) is 0 Å². The fraction of sp³-hybridized carbons (Fsp3) is 0.130. The normalized spacial score (nSPS) is 11.2. The Labute approximate surface area is 174 Å². The van der Waals surface area contributed by atoms with E-state index in [0.717, 1.165) is 11.1 Å². The lowest BCUT2D eigenvalue weighted by molar-refractivity contribution is -0.122. The Morgan fingerprint density at radius 1 is 1.03 bits per heavy atom. The standard InChI is InChI=1S/C23H19ClN2O3/c1-15(23(27)26-21-13-19(24)9-12-22(21)28-2)29-20-10-7-18(8-11-20)17-5-3-16(14-25)4-6-17/h3-13,15H,1-2H3,(H,26,27)/t15-/m1/s1. The van der Waals surface area contributed by atoms with Crippen molar-refractivity contribution in [3.05, 3.63) is 77.3 Å². The summed E-state index contributed by atoms with van der Waals surface area (Å²) in [4.78, 5) is 12.5. The summed E-state index contributed by atoms with van der Waals surface area (Å²) in [6.07, 6.45) is -0.723. The molecule has 3 aromatic carbocycles. The van der Waals surface area contributed by atoms with E-state index in [1.54, 1.807) is 49.4 Å². The van der Waals surface area contributed by atoms with Crippen LogP contribution in [0.5, 0.6) is 11.5 Å². The molecule has 0 aromatic heterocycles. The smallest absolute Gasteiger partial charge is 0.265 e.